The van der Waals surface area contributed by atoms with E-state index in [1.807, 2.05) is 0 Å². The Balaban J connectivity index is 1.47. The van der Waals surface area contributed by atoms with E-state index in [1.54, 1.807) is 4.68 Å². The van der Waals surface area contributed by atoms with Crippen LogP contribution in [0.5, 0.6) is 5.88 Å². The highest BCUT2D eigenvalue weighted by Gasteiger charge is 2.27. The van der Waals surface area contributed by atoms with Crippen molar-refractivity contribution in [3.63, 3.8) is 0 Å². The quantitative estimate of drug-likeness (QED) is 0.763. The molecule has 1 aromatic carbocycles. The third-order valence-electron chi connectivity index (χ3n) is 6.33. The standard InChI is InChI=1S/C21H27N5O3S/c1-13-8-9-29-20-18(11-23-26(20)12-13)30(22,28)25-21(27)24-19-16-6-2-4-14(16)10-15-5-3-7-17(15)19/h10-11,13H,2-9,12H2,1H3,(H3,22,24,25,27,28)/t13-,30?/m0/s1. The molecule has 1 unspecified atom stereocenters. The van der Waals surface area contributed by atoms with Gasteiger partial charge >= 0.3 is 6.03 Å². The zero-order valence-corrected chi connectivity index (χ0v) is 18.0. The molecule has 0 fully saturated rings. The first-order chi connectivity index (χ1) is 14.4. The fraction of sp³-hybridized carbons (Fsp3) is 0.524. The van der Waals surface area contributed by atoms with Crippen LogP contribution in [0, 0.1) is 5.92 Å². The fourth-order valence-corrected chi connectivity index (χ4v) is 5.85. The second-order valence-electron chi connectivity index (χ2n) is 8.56. The van der Waals surface area contributed by atoms with E-state index in [2.05, 4.69) is 27.8 Å². The monoisotopic (exact) mass is 429 g/mol. The molecule has 8 nitrogen and oxygen atoms in total. The largest absolute Gasteiger partial charge is 0.477 e. The van der Waals surface area contributed by atoms with Crippen molar-refractivity contribution in [3.05, 3.63) is 34.5 Å². The lowest BCUT2D eigenvalue weighted by Gasteiger charge is -2.15. The number of nitrogens with two attached hydrogens (primary N) is 1. The number of amides is 2. The molecule has 2 amide bonds. The first kappa shape index (κ1) is 19.6. The van der Waals surface area contributed by atoms with E-state index in [1.165, 1.54) is 28.5 Å². The molecule has 160 valence electrons. The number of rotatable bonds is 2. The first-order valence-corrected chi connectivity index (χ1v) is 12.2. The number of hydrogen-bond acceptors (Lipinski definition) is 4. The molecule has 0 saturated heterocycles. The maximum Gasteiger partial charge on any atom is 0.354 e. The fourth-order valence-electron chi connectivity index (χ4n) is 4.85. The first-order valence-electron chi connectivity index (χ1n) is 10.6. The molecular formula is C21H27N5O3S. The zero-order chi connectivity index (χ0) is 20.9. The van der Waals surface area contributed by atoms with Crippen molar-refractivity contribution in [1.29, 1.82) is 0 Å². The molecule has 0 radical (unpaired) electrons. The van der Waals surface area contributed by atoms with Gasteiger partial charge in [0, 0.05) is 12.2 Å². The predicted octanol–water partition coefficient (Wildman–Crippen LogP) is 3.21. The molecular weight excluding hydrogens is 402 g/mol. The van der Waals surface area contributed by atoms with Gasteiger partial charge in [0.15, 0.2) is 9.92 Å². The average molecular weight is 430 g/mol. The van der Waals surface area contributed by atoms with Gasteiger partial charge in [-0.05, 0) is 73.1 Å². The highest BCUT2D eigenvalue weighted by molar-refractivity contribution is 7.91. The van der Waals surface area contributed by atoms with E-state index in [-0.39, 0.29) is 4.90 Å². The summed E-state index contributed by atoms with van der Waals surface area (Å²) in [5, 5.41) is 13.2. The molecule has 30 heavy (non-hydrogen) atoms. The van der Waals surface area contributed by atoms with Gasteiger partial charge in [-0.15, -0.1) is 4.36 Å². The Morgan fingerprint density at radius 3 is 2.67 bits per heavy atom. The van der Waals surface area contributed by atoms with Crippen molar-refractivity contribution in [1.82, 2.24) is 9.78 Å². The van der Waals surface area contributed by atoms with E-state index in [4.69, 9.17) is 9.88 Å². The minimum absolute atomic E-state index is 0.176. The lowest BCUT2D eigenvalue weighted by molar-refractivity contribution is 0.260. The number of carbonyl (C=O) groups excluding carboxylic acids is 1. The zero-order valence-electron chi connectivity index (χ0n) is 17.1. The number of benzene rings is 1. The molecule has 9 heteroatoms. The summed E-state index contributed by atoms with van der Waals surface area (Å²) in [6.45, 7) is 3.25. The van der Waals surface area contributed by atoms with E-state index in [0.717, 1.165) is 50.6 Å². The predicted molar refractivity (Wildman–Crippen MR) is 114 cm³/mol. The minimum atomic E-state index is -3.48. The number of anilines is 1. The lowest BCUT2D eigenvalue weighted by atomic mass is 9.99. The van der Waals surface area contributed by atoms with Crippen LogP contribution in [0.25, 0.3) is 0 Å². The summed E-state index contributed by atoms with van der Waals surface area (Å²) in [7, 11) is -3.48. The number of carbonyl (C=O) groups is 1. The summed E-state index contributed by atoms with van der Waals surface area (Å²) >= 11 is 0. The molecule has 2 aliphatic carbocycles. The van der Waals surface area contributed by atoms with Crippen LogP contribution in [0.1, 0.15) is 48.4 Å². The van der Waals surface area contributed by atoms with Crippen molar-refractivity contribution < 1.29 is 13.7 Å². The van der Waals surface area contributed by atoms with Gasteiger partial charge in [0.1, 0.15) is 4.90 Å². The van der Waals surface area contributed by atoms with E-state index < -0.39 is 15.9 Å². The van der Waals surface area contributed by atoms with Gasteiger partial charge < -0.3 is 10.1 Å². The summed E-state index contributed by atoms with van der Waals surface area (Å²) in [4.78, 5) is 13.0. The Hall–Kier alpha value is -2.39. The molecule has 3 aliphatic rings. The normalized spacial score (nSPS) is 21.6. The highest BCUT2D eigenvalue weighted by Crippen LogP contribution is 2.38. The lowest BCUT2D eigenvalue weighted by Crippen LogP contribution is -2.19. The minimum Gasteiger partial charge on any atom is -0.477 e. The molecule has 5 rings (SSSR count). The van der Waals surface area contributed by atoms with Gasteiger partial charge in [0.05, 0.1) is 12.8 Å². The van der Waals surface area contributed by atoms with Crippen molar-refractivity contribution in [2.75, 3.05) is 11.9 Å². The number of ether oxygens (including phenoxy) is 1. The van der Waals surface area contributed by atoms with Crippen molar-refractivity contribution >= 4 is 21.6 Å². The Morgan fingerprint density at radius 1 is 1.27 bits per heavy atom. The van der Waals surface area contributed by atoms with Crippen LogP contribution in [0.3, 0.4) is 0 Å². The molecule has 1 aromatic heterocycles. The Morgan fingerprint density at radius 2 is 1.97 bits per heavy atom. The third-order valence-corrected chi connectivity index (χ3v) is 7.68. The molecule has 1 aliphatic heterocycles. The highest BCUT2D eigenvalue weighted by atomic mass is 32.2. The smallest absolute Gasteiger partial charge is 0.354 e. The maximum absolute atomic E-state index is 13.2. The van der Waals surface area contributed by atoms with E-state index in [9.17, 15) is 9.00 Å². The summed E-state index contributed by atoms with van der Waals surface area (Å²) in [6.07, 6.45) is 8.41. The number of nitrogens with one attached hydrogen (secondary N) is 1. The van der Waals surface area contributed by atoms with Gasteiger partial charge in [0.25, 0.3) is 0 Å². The molecule has 3 N–H and O–H groups in total. The van der Waals surface area contributed by atoms with E-state index in [0.29, 0.717) is 24.9 Å². The van der Waals surface area contributed by atoms with Gasteiger partial charge in [-0.1, -0.05) is 13.0 Å². The molecule has 0 saturated carbocycles. The molecule has 2 atom stereocenters. The second-order valence-corrected chi connectivity index (χ2v) is 10.3. The van der Waals surface area contributed by atoms with Crippen LogP contribution in [-0.4, -0.2) is 26.6 Å². The maximum atomic E-state index is 13.2. The number of aromatic nitrogens is 2. The van der Waals surface area contributed by atoms with Gasteiger partial charge in [-0.2, -0.15) is 5.10 Å². The van der Waals surface area contributed by atoms with Crippen LogP contribution < -0.4 is 15.2 Å². The third kappa shape index (κ3) is 3.39. The molecule has 0 spiro atoms. The summed E-state index contributed by atoms with van der Waals surface area (Å²) in [5.41, 5.74) is 5.87. The Bertz CT molecular complexity index is 1110. The van der Waals surface area contributed by atoms with Gasteiger partial charge in [-0.25, -0.2) is 18.8 Å². The van der Waals surface area contributed by atoms with Crippen LogP contribution in [0.4, 0.5) is 10.5 Å². The number of fused-ring (bicyclic) bond motifs is 3. The molecule has 2 aromatic rings. The summed E-state index contributed by atoms with van der Waals surface area (Å²) in [6, 6.07) is 1.61. The SMILES string of the molecule is C[C@H]1CCOc2c(S(N)(=O)=NC(=O)Nc3c4c(cc5c3CCC5)CCC4)cnn2C1. The molecule has 0 bridgehead atoms. The average Bonchev–Trinajstić information content (AvgIpc) is 3.39. The Kier molecular flexibility index (Phi) is 4.82. The van der Waals surface area contributed by atoms with Crippen LogP contribution in [-0.2, 0) is 42.1 Å². The topological polar surface area (TPSA) is 112 Å². The van der Waals surface area contributed by atoms with Crippen molar-refractivity contribution in [2.24, 2.45) is 15.4 Å². The van der Waals surface area contributed by atoms with Crippen molar-refractivity contribution in [2.45, 2.75) is 63.3 Å². The van der Waals surface area contributed by atoms with Crippen molar-refractivity contribution in [3.8, 4) is 5.88 Å². The van der Waals surface area contributed by atoms with Crippen LogP contribution in [0.15, 0.2) is 21.5 Å². The second kappa shape index (κ2) is 7.39. The molecule has 2 heterocycles. The number of aryl methyl sites for hydroxylation is 2. The number of nitrogens with zero attached hydrogens (tertiary/aromatic N) is 3. The van der Waals surface area contributed by atoms with Crippen LogP contribution >= 0.6 is 0 Å². The summed E-state index contributed by atoms with van der Waals surface area (Å²) in [5.74, 6) is 0.736. The van der Waals surface area contributed by atoms with Gasteiger partial charge in [-0.3, -0.25) is 0 Å². The van der Waals surface area contributed by atoms with Gasteiger partial charge in [0.2, 0.25) is 5.88 Å². The van der Waals surface area contributed by atoms with Crippen LogP contribution in [0.2, 0.25) is 0 Å². The number of urea groups is 1. The van der Waals surface area contributed by atoms with E-state index >= 15 is 0 Å². The Labute approximate surface area is 176 Å². The summed E-state index contributed by atoms with van der Waals surface area (Å²) < 4.78 is 24.5. The number of hydrogen-bond donors (Lipinski definition) is 2.